The van der Waals surface area contributed by atoms with E-state index in [1.807, 2.05) is 28.8 Å². The third kappa shape index (κ3) is 3.87. The van der Waals surface area contributed by atoms with Gasteiger partial charge in [0, 0.05) is 21.8 Å². The molecule has 1 aliphatic heterocycles. The Balaban J connectivity index is 1.89. The van der Waals surface area contributed by atoms with Crippen molar-refractivity contribution in [2.24, 2.45) is 0 Å². The standard InChI is InChI=1S/C15H16BrN3O2S2/c1-2-8-19-14(11-3-5-12(16)6-4-11)17-18-15(19)22-13-7-9-23(20,21)10-13/h2-6,13H,1,7-10H2. The van der Waals surface area contributed by atoms with E-state index in [0.29, 0.717) is 13.0 Å². The highest BCUT2D eigenvalue weighted by Gasteiger charge is 2.30. The van der Waals surface area contributed by atoms with Gasteiger partial charge in [-0.15, -0.1) is 16.8 Å². The molecular weight excluding hydrogens is 398 g/mol. The Morgan fingerprint density at radius 3 is 2.70 bits per heavy atom. The molecule has 1 aromatic carbocycles. The molecule has 1 saturated heterocycles. The molecule has 0 N–H and O–H groups in total. The summed E-state index contributed by atoms with van der Waals surface area (Å²) in [4.78, 5) is 0. The Kier molecular flexibility index (Phi) is 4.93. The van der Waals surface area contributed by atoms with Gasteiger partial charge in [0.1, 0.15) is 0 Å². The number of hydrogen-bond donors (Lipinski definition) is 0. The van der Waals surface area contributed by atoms with E-state index in [4.69, 9.17) is 0 Å². The largest absolute Gasteiger partial charge is 0.298 e. The van der Waals surface area contributed by atoms with E-state index in [-0.39, 0.29) is 16.8 Å². The molecule has 1 atom stereocenters. The molecule has 1 unspecified atom stereocenters. The van der Waals surface area contributed by atoms with Crippen LogP contribution in [0, 0.1) is 0 Å². The lowest BCUT2D eigenvalue weighted by Gasteiger charge is -2.10. The lowest BCUT2D eigenvalue weighted by atomic mass is 10.2. The summed E-state index contributed by atoms with van der Waals surface area (Å²) in [5, 5.41) is 9.35. The number of benzene rings is 1. The number of allylic oxidation sites excluding steroid dienone is 1. The predicted octanol–water partition coefficient (Wildman–Crippen LogP) is 3.17. The maximum atomic E-state index is 11.6. The zero-order chi connectivity index (χ0) is 16.4. The topological polar surface area (TPSA) is 64.8 Å². The molecule has 122 valence electrons. The minimum atomic E-state index is -2.89. The number of aromatic nitrogens is 3. The van der Waals surface area contributed by atoms with Crippen molar-refractivity contribution >= 4 is 37.5 Å². The quantitative estimate of drug-likeness (QED) is 0.704. The summed E-state index contributed by atoms with van der Waals surface area (Å²) in [7, 11) is -2.89. The zero-order valence-corrected chi connectivity index (χ0v) is 15.6. The van der Waals surface area contributed by atoms with E-state index < -0.39 is 9.84 Å². The molecule has 0 amide bonds. The summed E-state index contributed by atoms with van der Waals surface area (Å²) in [5.41, 5.74) is 0.966. The Morgan fingerprint density at radius 2 is 2.09 bits per heavy atom. The molecule has 1 fully saturated rings. The second kappa shape index (κ2) is 6.78. The minimum Gasteiger partial charge on any atom is -0.298 e. The maximum Gasteiger partial charge on any atom is 0.192 e. The molecular formula is C15H16BrN3O2S2. The van der Waals surface area contributed by atoms with Crippen LogP contribution in [-0.4, -0.2) is 39.9 Å². The fourth-order valence-electron chi connectivity index (χ4n) is 2.48. The first-order chi connectivity index (χ1) is 11.0. The van der Waals surface area contributed by atoms with Gasteiger partial charge >= 0.3 is 0 Å². The second-order valence-electron chi connectivity index (χ2n) is 5.36. The predicted molar refractivity (Wildman–Crippen MR) is 96.3 cm³/mol. The second-order valence-corrected chi connectivity index (χ2v) is 9.77. The Bertz CT molecular complexity index is 816. The van der Waals surface area contributed by atoms with Crippen LogP contribution in [0.5, 0.6) is 0 Å². The van der Waals surface area contributed by atoms with E-state index in [1.54, 1.807) is 6.08 Å². The lowest BCUT2D eigenvalue weighted by Crippen LogP contribution is -2.08. The van der Waals surface area contributed by atoms with Crippen molar-refractivity contribution in [1.82, 2.24) is 14.8 Å². The fourth-order valence-corrected chi connectivity index (χ4v) is 6.25. The van der Waals surface area contributed by atoms with Crippen LogP contribution in [0.2, 0.25) is 0 Å². The normalized spacial score (nSPS) is 19.8. The number of nitrogens with zero attached hydrogens (tertiary/aromatic N) is 3. The van der Waals surface area contributed by atoms with Gasteiger partial charge in [-0.05, 0) is 18.6 Å². The highest BCUT2D eigenvalue weighted by atomic mass is 79.9. The van der Waals surface area contributed by atoms with Crippen molar-refractivity contribution in [3.8, 4) is 11.4 Å². The molecule has 23 heavy (non-hydrogen) atoms. The fraction of sp³-hybridized carbons (Fsp3) is 0.333. The van der Waals surface area contributed by atoms with Gasteiger partial charge in [0.25, 0.3) is 0 Å². The SMILES string of the molecule is C=CCn1c(SC2CCS(=O)(=O)C2)nnc1-c1ccc(Br)cc1. The van der Waals surface area contributed by atoms with Gasteiger partial charge in [-0.1, -0.05) is 45.9 Å². The first-order valence-corrected chi connectivity index (χ1v) is 10.6. The highest BCUT2D eigenvalue weighted by Crippen LogP contribution is 2.32. The van der Waals surface area contributed by atoms with Crippen molar-refractivity contribution < 1.29 is 8.42 Å². The van der Waals surface area contributed by atoms with Crippen LogP contribution < -0.4 is 0 Å². The number of sulfone groups is 1. The Hall–Kier alpha value is -1.12. The van der Waals surface area contributed by atoms with E-state index in [2.05, 4.69) is 32.7 Å². The van der Waals surface area contributed by atoms with Gasteiger partial charge in [0.2, 0.25) is 0 Å². The average molecular weight is 414 g/mol. The molecule has 5 nitrogen and oxygen atoms in total. The summed E-state index contributed by atoms with van der Waals surface area (Å²) in [6, 6.07) is 7.86. The van der Waals surface area contributed by atoms with Crippen molar-refractivity contribution in [3.63, 3.8) is 0 Å². The minimum absolute atomic E-state index is 0.0468. The first kappa shape index (κ1) is 16.7. The van der Waals surface area contributed by atoms with Gasteiger partial charge < -0.3 is 0 Å². The zero-order valence-electron chi connectivity index (χ0n) is 12.4. The summed E-state index contributed by atoms with van der Waals surface area (Å²) >= 11 is 4.91. The average Bonchev–Trinajstić information content (AvgIpc) is 3.05. The number of thioether (sulfide) groups is 1. The monoisotopic (exact) mass is 413 g/mol. The van der Waals surface area contributed by atoms with Crippen LogP contribution >= 0.6 is 27.7 Å². The highest BCUT2D eigenvalue weighted by molar-refractivity contribution is 9.10. The van der Waals surface area contributed by atoms with Crippen molar-refractivity contribution in [3.05, 3.63) is 41.4 Å². The van der Waals surface area contributed by atoms with Crippen molar-refractivity contribution in [1.29, 1.82) is 0 Å². The van der Waals surface area contributed by atoms with E-state index in [0.717, 1.165) is 21.0 Å². The van der Waals surface area contributed by atoms with Gasteiger partial charge in [-0.3, -0.25) is 4.57 Å². The molecule has 0 spiro atoms. The molecule has 1 aromatic heterocycles. The summed E-state index contributed by atoms with van der Waals surface area (Å²) in [6.07, 6.45) is 2.46. The van der Waals surface area contributed by atoms with Crippen LogP contribution in [0.4, 0.5) is 0 Å². The van der Waals surface area contributed by atoms with Crippen LogP contribution in [0.3, 0.4) is 0 Å². The molecule has 0 radical (unpaired) electrons. The van der Waals surface area contributed by atoms with Crippen LogP contribution in [-0.2, 0) is 16.4 Å². The molecule has 8 heteroatoms. The smallest absolute Gasteiger partial charge is 0.192 e. The van der Waals surface area contributed by atoms with Gasteiger partial charge in [0.15, 0.2) is 20.8 Å². The van der Waals surface area contributed by atoms with E-state index in [9.17, 15) is 8.42 Å². The molecule has 2 aromatic rings. The van der Waals surface area contributed by atoms with E-state index in [1.165, 1.54) is 11.8 Å². The molecule has 3 rings (SSSR count). The molecule has 0 aliphatic carbocycles. The Labute approximate surface area is 148 Å². The van der Waals surface area contributed by atoms with Gasteiger partial charge in [-0.2, -0.15) is 0 Å². The first-order valence-electron chi connectivity index (χ1n) is 7.15. The number of hydrogen-bond acceptors (Lipinski definition) is 5. The van der Waals surface area contributed by atoms with Crippen LogP contribution in [0.1, 0.15) is 6.42 Å². The molecule has 0 bridgehead atoms. The third-order valence-electron chi connectivity index (χ3n) is 3.59. The molecule has 1 aliphatic rings. The molecule has 0 saturated carbocycles. The lowest BCUT2D eigenvalue weighted by molar-refractivity contribution is 0.602. The van der Waals surface area contributed by atoms with Gasteiger partial charge in [0.05, 0.1) is 11.5 Å². The summed E-state index contributed by atoms with van der Waals surface area (Å²) in [5.74, 6) is 1.24. The number of halogens is 1. The van der Waals surface area contributed by atoms with E-state index >= 15 is 0 Å². The van der Waals surface area contributed by atoms with Crippen molar-refractivity contribution in [2.75, 3.05) is 11.5 Å². The van der Waals surface area contributed by atoms with Crippen LogP contribution in [0.15, 0.2) is 46.5 Å². The summed E-state index contributed by atoms with van der Waals surface area (Å²) < 4.78 is 26.2. The molecule has 2 heterocycles. The third-order valence-corrected chi connectivity index (χ3v) is 7.35. The van der Waals surface area contributed by atoms with Crippen molar-refractivity contribution in [2.45, 2.75) is 23.4 Å². The number of rotatable bonds is 5. The maximum absolute atomic E-state index is 11.6. The van der Waals surface area contributed by atoms with Crippen LogP contribution in [0.25, 0.3) is 11.4 Å². The van der Waals surface area contributed by atoms with Gasteiger partial charge in [-0.25, -0.2) is 8.42 Å². The Morgan fingerprint density at radius 1 is 1.35 bits per heavy atom. The summed E-state index contributed by atoms with van der Waals surface area (Å²) in [6.45, 7) is 4.37.